The number of nitrogens with zero attached hydrogens (tertiary/aromatic N) is 2. The molecule has 0 amide bonds. The summed E-state index contributed by atoms with van der Waals surface area (Å²) in [6.07, 6.45) is 1.15. The number of halogens is 1. The number of benzene rings is 1. The van der Waals surface area contributed by atoms with Crippen LogP contribution in [0.3, 0.4) is 0 Å². The summed E-state index contributed by atoms with van der Waals surface area (Å²) in [6.45, 7) is 9.45. The molecular formula is C20H34IN3O2. The fraction of sp³-hybridized carbons (Fsp3) is 0.650. The summed E-state index contributed by atoms with van der Waals surface area (Å²) < 4.78 is 10.7. The van der Waals surface area contributed by atoms with Gasteiger partial charge in [-0.1, -0.05) is 36.8 Å². The molecule has 1 N–H and O–H groups in total. The van der Waals surface area contributed by atoms with Crippen LogP contribution in [-0.4, -0.2) is 64.5 Å². The first-order chi connectivity index (χ1) is 12.1. The monoisotopic (exact) mass is 475 g/mol. The van der Waals surface area contributed by atoms with Gasteiger partial charge in [-0.2, -0.15) is 0 Å². The van der Waals surface area contributed by atoms with Crippen LogP contribution in [-0.2, 0) is 9.47 Å². The number of nitrogens with one attached hydrogen (secondary N) is 1. The summed E-state index contributed by atoms with van der Waals surface area (Å²) in [5.74, 6) is 2.02. The lowest BCUT2D eigenvalue weighted by molar-refractivity contribution is 0.0536. The fourth-order valence-electron chi connectivity index (χ4n) is 3.14. The predicted octanol–water partition coefficient (Wildman–Crippen LogP) is 3.28. The van der Waals surface area contributed by atoms with Gasteiger partial charge in [-0.3, -0.25) is 4.99 Å². The molecule has 1 saturated heterocycles. The van der Waals surface area contributed by atoms with E-state index in [0.29, 0.717) is 25.0 Å². The lowest BCUT2D eigenvalue weighted by atomic mass is 10.0. The first-order valence-corrected chi connectivity index (χ1v) is 9.23. The molecule has 6 heteroatoms. The summed E-state index contributed by atoms with van der Waals surface area (Å²) >= 11 is 0. The Morgan fingerprint density at radius 3 is 2.69 bits per heavy atom. The Labute approximate surface area is 175 Å². The van der Waals surface area contributed by atoms with E-state index in [1.54, 1.807) is 7.11 Å². The number of aliphatic imine (C=N–C) groups is 1. The fourth-order valence-corrected chi connectivity index (χ4v) is 3.14. The highest BCUT2D eigenvalue weighted by Crippen LogP contribution is 2.18. The van der Waals surface area contributed by atoms with Gasteiger partial charge < -0.3 is 19.7 Å². The topological polar surface area (TPSA) is 46.1 Å². The van der Waals surface area contributed by atoms with E-state index in [-0.39, 0.29) is 24.0 Å². The summed E-state index contributed by atoms with van der Waals surface area (Å²) in [5.41, 5.74) is 2.66. The molecule has 148 valence electrons. The van der Waals surface area contributed by atoms with Gasteiger partial charge in [0.25, 0.3) is 0 Å². The van der Waals surface area contributed by atoms with Crippen LogP contribution in [0.5, 0.6) is 0 Å². The van der Waals surface area contributed by atoms with E-state index in [2.05, 4.69) is 53.3 Å². The first-order valence-electron chi connectivity index (χ1n) is 9.23. The Balaban J connectivity index is 0.00000338. The smallest absolute Gasteiger partial charge is 0.193 e. The second kappa shape index (κ2) is 12.5. The number of guanidine groups is 1. The summed E-state index contributed by atoms with van der Waals surface area (Å²) in [7, 11) is 3.56. The van der Waals surface area contributed by atoms with Crippen molar-refractivity contribution in [2.45, 2.75) is 26.2 Å². The molecule has 1 fully saturated rings. The largest absolute Gasteiger partial charge is 0.382 e. The van der Waals surface area contributed by atoms with Crippen LogP contribution in [0.1, 0.15) is 30.4 Å². The molecule has 2 unspecified atom stereocenters. The minimum atomic E-state index is 0. The van der Waals surface area contributed by atoms with Crippen LogP contribution in [0.15, 0.2) is 29.3 Å². The molecule has 2 rings (SSSR count). The SMILES string of the molecule is CN=C(NCC(C)c1ccc(C)cc1)N1CCC(COCCOC)C1.I. The van der Waals surface area contributed by atoms with E-state index in [0.717, 1.165) is 38.6 Å². The molecule has 26 heavy (non-hydrogen) atoms. The Hall–Kier alpha value is -0.860. The molecule has 0 radical (unpaired) electrons. The standard InChI is InChI=1S/C20H33N3O2.HI/c1-16-5-7-19(8-6-16)17(2)13-22-20(21-3)23-10-9-18(14-23)15-25-12-11-24-4;/h5-8,17-18H,9-15H2,1-4H3,(H,21,22);1H. The zero-order valence-corrected chi connectivity index (χ0v) is 18.9. The van der Waals surface area contributed by atoms with E-state index in [1.807, 2.05) is 7.05 Å². The molecule has 0 aromatic heterocycles. The van der Waals surface area contributed by atoms with Crippen molar-refractivity contribution >= 4 is 29.9 Å². The highest BCUT2D eigenvalue weighted by atomic mass is 127. The van der Waals surface area contributed by atoms with Crippen molar-refractivity contribution in [3.8, 4) is 0 Å². The maximum Gasteiger partial charge on any atom is 0.193 e. The minimum absolute atomic E-state index is 0. The molecule has 0 bridgehead atoms. The molecule has 0 saturated carbocycles. The van der Waals surface area contributed by atoms with Crippen molar-refractivity contribution in [2.75, 3.05) is 53.6 Å². The van der Waals surface area contributed by atoms with Gasteiger partial charge >= 0.3 is 0 Å². The molecule has 2 atom stereocenters. The Kier molecular flexibility index (Phi) is 11.2. The molecule has 5 nitrogen and oxygen atoms in total. The van der Waals surface area contributed by atoms with Crippen LogP contribution in [0.4, 0.5) is 0 Å². The van der Waals surface area contributed by atoms with Gasteiger partial charge in [-0.25, -0.2) is 0 Å². The van der Waals surface area contributed by atoms with Gasteiger partial charge in [0, 0.05) is 39.7 Å². The summed E-state index contributed by atoms with van der Waals surface area (Å²) in [5, 5.41) is 3.54. The normalized spacial score (nSPS) is 18.5. The molecule has 1 aliphatic rings. The number of aryl methyl sites for hydroxylation is 1. The Bertz CT molecular complexity index is 536. The van der Waals surface area contributed by atoms with Gasteiger partial charge in [0.05, 0.1) is 19.8 Å². The first kappa shape index (κ1) is 23.2. The van der Waals surface area contributed by atoms with E-state index in [4.69, 9.17) is 9.47 Å². The molecule has 1 heterocycles. The zero-order valence-electron chi connectivity index (χ0n) is 16.5. The quantitative estimate of drug-likeness (QED) is 0.271. The van der Waals surface area contributed by atoms with E-state index < -0.39 is 0 Å². The zero-order chi connectivity index (χ0) is 18.1. The van der Waals surface area contributed by atoms with Crippen molar-refractivity contribution < 1.29 is 9.47 Å². The van der Waals surface area contributed by atoms with Crippen LogP contribution < -0.4 is 5.32 Å². The number of methoxy groups -OCH3 is 1. The van der Waals surface area contributed by atoms with Gasteiger partial charge in [0.15, 0.2) is 5.96 Å². The van der Waals surface area contributed by atoms with E-state index in [9.17, 15) is 0 Å². The van der Waals surface area contributed by atoms with E-state index in [1.165, 1.54) is 11.1 Å². The van der Waals surface area contributed by atoms with Gasteiger partial charge in [-0.05, 0) is 24.8 Å². The minimum Gasteiger partial charge on any atom is -0.382 e. The van der Waals surface area contributed by atoms with Crippen LogP contribution >= 0.6 is 24.0 Å². The van der Waals surface area contributed by atoms with Crippen LogP contribution in [0.2, 0.25) is 0 Å². The third-order valence-electron chi connectivity index (χ3n) is 4.80. The third kappa shape index (κ3) is 7.40. The number of rotatable bonds is 8. The Morgan fingerprint density at radius 1 is 1.31 bits per heavy atom. The average Bonchev–Trinajstić information content (AvgIpc) is 3.08. The second-order valence-corrected chi connectivity index (χ2v) is 6.91. The molecule has 1 aromatic rings. The highest BCUT2D eigenvalue weighted by Gasteiger charge is 2.25. The van der Waals surface area contributed by atoms with Crippen molar-refractivity contribution in [1.29, 1.82) is 0 Å². The number of hydrogen-bond acceptors (Lipinski definition) is 3. The number of ether oxygens (including phenoxy) is 2. The van der Waals surface area contributed by atoms with Crippen LogP contribution in [0, 0.1) is 12.8 Å². The maximum absolute atomic E-state index is 5.67. The third-order valence-corrected chi connectivity index (χ3v) is 4.80. The van der Waals surface area contributed by atoms with Crippen molar-refractivity contribution in [3.05, 3.63) is 35.4 Å². The lowest BCUT2D eigenvalue weighted by Gasteiger charge is -2.23. The maximum atomic E-state index is 5.67. The molecule has 0 spiro atoms. The van der Waals surface area contributed by atoms with Gasteiger partial charge in [0.1, 0.15) is 0 Å². The highest BCUT2D eigenvalue weighted by molar-refractivity contribution is 14.0. The molecule has 1 aromatic carbocycles. The predicted molar refractivity (Wildman–Crippen MR) is 119 cm³/mol. The van der Waals surface area contributed by atoms with Crippen molar-refractivity contribution in [3.63, 3.8) is 0 Å². The van der Waals surface area contributed by atoms with Gasteiger partial charge in [0.2, 0.25) is 0 Å². The molecular weight excluding hydrogens is 441 g/mol. The summed E-state index contributed by atoms with van der Waals surface area (Å²) in [4.78, 5) is 6.80. The van der Waals surface area contributed by atoms with Gasteiger partial charge in [-0.15, -0.1) is 24.0 Å². The lowest BCUT2D eigenvalue weighted by Crippen LogP contribution is -2.41. The van der Waals surface area contributed by atoms with Crippen LogP contribution in [0.25, 0.3) is 0 Å². The van der Waals surface area contributed by atoms with Crippen molar-refractivity contribution in [1.82, 2.24) is 10.2 Å². The summed E-state index contributed by atoms with van der Waals surface area (Å²) in [6, 6.07) is 8.78. The van der Waals surface area contributed by atoms with E-state index >= 15 is 0 Å². The average molecular weight is 475 g/mol. The second-order valence-electron chi connectivity index (χ2n) is 6.91. The van der Waals surface area contributed by atoms with Crippen molar-refractivity contribution in [2.24, 2.45) is 10.9 Å². The molecule has 1 aliphatic heterocycles. The number of hydrogen-bond donors (Lipinski definition) is 1. The number of likely N-dealkylation sites (tertiary alicyclic amines) is 1. The molecule has 0 aliphatic carbocycles. The Morgan fingerprint density at radius 2 is 2.04 bits per heavy atom.